The van der Waals surface area contributed by atoms with Crippen LogP contribution in [0.3, 0.4) is 0 Å². The lowest BCUT2D eigenvalue weighted by atomic mass is 9.90. The average Bonchev–Trinajstić information content (AvgIpc) is 2.43. The predicted octanol–water partition coefficient (Wildman–Crippen LogP) is 1.89. The highest BCUT2D eigenvalue weighted by Gasteiger charge is 2.37. The molecule has 0 aromatic heterocycles. The number of rotatable bonds is 1. The molecule has 1 heterocycles. The van der Waals surface area contributed by atoms with E-state index in [1.54, 1.807) is 0 Å². The molecular formula is C12H17NO. The summed E-state index contributed by atoms with van der Waals surface area (Å²) in [6.45, 7) is 5.90. The second-order valence-electron chi connectivity index (χ2n) is 4.72. The normalized spacial score (nSPS) is 25.4. The van der Waals surface area contributed by atoms with E-state index in [1.807, 2.05) is 18.2 Å². The Bertz CT molecular complexity index is 307. The Hall–Kier alpha value is -1.02. The molecule has 0 radical (unpaired) electrons. The number of aliphatic hydroxyl groups excluding tert-OH is 1. The summed E-state index contributed by atoms with van der Waals surface area (Å²) in [5, 5.41) is 9.85. The molecule has 1 unspecified atom stereocenters. The maximum absolute atomic E-state index is 9.85. The van der Waals surface area contributed by atoms with Gasteiger partial charge in [-0.3, -0.25) is 0 Å². The monoisotopic (exact) mass is 191 g/mol. The number of β-amino-alcohol motifs (C(OH)–C–C–N with tert-alkyl or cyclic N) is 1. The first-order chi connectivity index (χ1) is 6.59. The Morgan fingerprint density at radius 2 is 1.93 bits per heavy atom. The molecule has 1 fully saturated rings. The van der Waals surface area contributed by atoms with Gasteiger partial charge in [-0.25, -0.2) is 0 Å². The van der Waals surface area contributed by atoms with Gasteiger partial charge in [-0.1, -0.05) is 32.0 Å². The third-order valence-electron chi connectivity index (χ3n) is 3.02. The number of hydrogen-bond donors (Lipinski definition) is 1. The van der Waals surface area contributed by atoms with Gasteiger partial charge in [0.1, 0.15) is 0 Å². The van der Waals surface area contributed by atoms with Crippen LogP contribution in [0.1, 0.15) is 13.8 Å². The van der Waals surface area contributed by atoms with Crippen molar-refractivity contribution in [2.45, 2.75) is 20.0 Å². The number of hydrogen-bond acceptors (Lipinski definition) is 2. The molecule has 1 saturated heterocycles. The van der Waals surface area contributed by atoms with Crippen LogP contribution in [-0.2, 0) is 0 Å². The summed E-state index contributed by atoms with van der Waals surface area (Å²) in [6.07, 6.45) is -0.220. The van der Waals surface area contributed by atoms with E-state index in [4.69, 9.17) is 0 Å². The van der Waals surface area contributed by atoms with Gasteiger partial charge < -0.3 is 10.0 Å². The van der Waals surface area contributed by atoms with E-state index < -0.39 is 0 Å². The minimum Gasteiger partial charge on any atom is -0.391 e. The second kappa shape index (κ2) is 3.28. The van der Waals surface area contributed by atoms with Gasteiger partial charge in [-0.15, -0.1) is 0 Å². The highest BCUT2D eigenvalue weighted by atomic mass is 16.3. The minimum absolute atomic E-state index is 0.00976. The third-order valence-corrected chi connectivity index (χ3v) is 3.02. The Morgan fingerprint density at radius 3 is 2.43 bits per heavy atom. The van der Waals surface area contributed by atoms with Crippen molar-refractivity contribution in [1.82, 2.24) is 0 Å². The summed E-state index contributed by atoms with van der Waals surface area (Å²) in [5.74, 6) is 0. The van der Waals surface area contributed by atoms with Crippen molar-refractivity contribution in [2.75, 3.05) is 18.0 Å². The van der Waals surface area contributed by atoms with E-state index in [9.17, 15) is 5.11 Å². The number of aliphatic hydroxyl groups is 1. The molecule has 0 amide bonds. The van der Waals surface area contributed by atoms with Crippen LogP contribution in [0.5, 0.6) is 0 Å². The van der Waals surface area contributed by atoms with Crippen molar-refractivity contribution in [2.24, 2.45) is 5.41 Å². The van der Waals surface area contributed by atoms with Gasteiger partial charge in [0, 0.05) is 24.2 Å². The molecule has 0 bridgehead atoms. The smallest absolute Gasteiger partial charge is 0.0782 e. The summed E-state index contributed by atoms with van der Waals surface area (Å²) in [7, 11) is 0. The number of benzene rings is 1. The molecule has 2 rings (SSSR count). The molecule has 2 heteroatoms. The van der Waals surface area contributed by atoms with Crippen LogP contribution in [0.25, 0.3) is 0 Å². The fourth-order valence-corrected chi connectivity index (χ4v) is 1.95. The summed E-state index contributed by atoms with van der Waals surface area (Å²) in [5.41, 5.74) is 1.22. The maximum atomic E-state index is 9.85. The summed E-state index contributed by atoms with van der Waals surface area (Å²) < 4.78 is 0. The molecule has 1 N–H and O–H groups in total. The molecule has 1 aromatic carbocycles. The SMILES string of the molecule is CC1(C)CN(c2ccccc2)CC1O. The zero-order valence-electron chi connectivity index (χ0n) is 8.77. The maximum Gasteiger partial charge on any atom is 0.0782 e. The van der Waals surface area contributed by atoms with E-state index in [-0.39, 0.29) is 11.5 Å². The number of anilines is 1. The first-order valence-electron chi connectivity index (χ1n) is 5.08. The molecule has 76 valence electrons. The van der Waals surface area contributed by atoms with Gasteiger partial charge in [0.15, 0.2) is 0 Å². The lowest BCUT2D eigenvalue weighted by Gasteiger charge is -2.21. The van der Waals surface area contributed by atoms with Crippen molar-refractivity contribution in [1.29, 1.82) is 0 Å². The minimum atomic E-state index is -0.220. The molecule has 1 aliphatic heterocycles. The Balaban J connectivity index is 2.17. The van der Waals surface area contributed by atoms with Crippen LogP contribution in [0.4, 0.5) is 5.69 Å². The first kappa shape index (κ1) is 9.53. The van der Waals surface area contributed by atoms with Crippen LogP contribution in [0.2, 0.25) is 0 Å². The van der Waals surface area contributed by atoms with Crippen LogP contribution < -0.4 is 4.90 Å². The Morgan fingerprint density at radius 1 is 1.29 bits per heavy atom. The van der Waals surface area contributed by atoms with E-state index >= 15 is 0 Å². The largest absolute Gasteiger partial charge is 0.391 e. The van der Waals surface area contributed by atoms with Gasteiger partial charge in [0.2, 0.25) is 0 Å². The van der Waals surface area contributed by atoms with Crippen LogP contribution in [0.15, 0.2) is 30.3 Å². The topological polar surface area (TPSA) is 23.5 Å². The lowest BCUT2D eigenvalue weighted by molar-refractivity contribution is 0.0964. The molecular weight excluding hydrogens is 174 g/mol. The van der Waals surface area contributed by atoms with Crippen molar-refractivity contribution >= 4 is 5.69 Å². The highest BCUT2D eigenvalue weighted by Crippen LogP contribution is 2.32. The van der Waals surface area contributed by atoms with Crippen molar-refractivity contribution in [3.8, 4) is 0 Å². The molecule has 1 aliphatic rings. The van der Waals surface area contributed by atoms with Gasteiger partial charge in [-0.05, 0) is 12.1 Å². The quantitative estimate of drug-likeness (QED) is 0.732. The number of para-hydroxylation sites is 1. The molecule has 14 heavy (non-hydrogen) atoms. The fraction of sp³-hybridized carbons (Fsp3) is 0.500. The van der Waals surface area contributed by atoms with Crippen molar-refractivity contribution in [3.63, 3.8) is 0 Å². The second-order valence-corrected chi connectivity index (χ2v) is 4.72. The molecule has 2 nitrogen and oxygen atoms in total. The van der Waals surface area contributed by atoms with E-state index in [1.165, 1.54) is 5.69 Å². The molecule has 1 aromatic rings. The average molecular weight is 191 g/mol. The number of nitrogens with zero attached hydrogens (tertiary/aromatic N) is 1. The summed E-state index contributed by atoms with van der Waals surface area (Å²) in [6, 6.07) is 10.3. The van der Waals surface area contributed by atoms with E-state index in [2.05, 4.69) is 30.9 Å². The Labute approximate surface area is 85.2 Å². The van der Waals surface area contributed by atoms with Gasteiger partial charge in [0.05, 0.1) is 6.10 Å². The molecule has 1 atom stereocenters. The standard InChI is InChI=1S/C12H17NO/c1-12(2)9-13(8-11(12)14)10-6-4-3-5-7-10/h3-7,11,14H,8-9H2,1-2H3. The van der Waals surface area contributed by atoms with Crippen LogP contribution >= 0.6 is 0 Å². The summed E-state index contributed by atoms with van der Waals surface area (Å²) in [4.78, 5) is 2.24. The van der Waals surface area contributed by atoms with Gasteiger partial charge in [-0.2, -0.15) is 0 Å². The first-order valence-corrected chi connectivity index (χ1v) is 5.08. The Kier molecular flexibility index (Phi) is 2.23. The zero-order valence-corrected chi connectivity index (χ0v) is 8.77. The zero-order chi connectivity index (χ0) is 10.2. The van der Waals surface area contributed by atoms with Crippen molar-refractivity contribution in [3.05, 3.63) is 30.3 Å². The molecule has 0 spiro atoms. The van der Waals surface area contributed by atoms with Crippen LogP contribution in [0, 0.1) is 5.41 Å². The van der Waals surface area contributed by atoms with E-state index in [0.29, 0.717) is 0 Å². The van der Waals surface area contributed by atoms with Gasteiger partial charge in [0.25, 0.3) is 0 Å². The lowest BCUT2D eigenvalue weighted by Crippen LogP contribution is -2.26. The third kappa shape index (κ3) is 1.62. The fourth-order valence-electron chi connectivity index (χ4n) is 1.95. The van der Waals surface area contributed by atoms with Gasteiger partial charge >= 0.3 is 0 Å². The molecule has 0 aliphatic carbocycles. The van der Waals surface area contributed by atoms with Crippen LogP contribution in [-0.4, -0.2) is 24.3 Å². The van der Waals surface area contributed by atoms with E-state index in [0.717, 1.165) is 13.1 Å². The predicted molar refractivity (Wildman–Crippen MR) is 58.4 cm³/mol. The summed E-state index contributed by atoms with van der Waals surface area (Å²) >= 11 is 0. The van der Waals surface area contributed by atoms with Crippen molar-refractivity contribution < 1.29 is 5.11 Å². The highest BCUT2D eigenvalue weighted by molar-refractivity contribution is 5.47. The molecule has 0 saturated carbocycles.